The van der Waals surface area contributed by atoms with E-state index in [4.69, 9.17) is 16.9 Å². The molecule has 0 aromatic carbocycles. The average Bonchev–Trinajstić information content (AvgIpc) is 2.04. The van der Waals surface area contributed by atoms with Crippen LogP contribution in [-0.2, 0) is 0 Å². The van der Waals surface area contributed by atoms with E-state index in [9.17, 15) is 8.78 Å². The van der Waals surface area contributed by atoms with Crippen molar-refractivity contribution in [3.05, 3.63) is 28.5 Å². The van der Waals surface area contributed by atoms with Gasteiger partial charge in [0, 0.05) is 6.20 Å². The second-order valence-corrected chi connectivity index (χ2v) is 2.41. The van der Waals surface area contributed by atoms with E-state index in [1.165, 1.54) is 0 Å². The zero-order chi connectivity index (χ0) is 9.14. The highest BCUT2D eigenvalue weighted by Gasteiger charge is 2.10. The van der Waals surface area contributed by atoms with Crippen LogP contribution in [0.15, 0.2) is 12.3 Å². The first-order valence-corrected chi connectivity index (χ1v) is 3.36. The number of hydrogen-bond donors (Lipinski definition) is 0. The van der Waals surface area contributed by atoms with Crippen LogP contribution in [0.2, 0.25) is 5.02 Å². The molecule has 0 aliphatic rings. The number of nitriles is 1. The summed E-state index contributed by atoms with van der Waals surface area (Å²) in [5.74, 6) is 0. The number of hydrogen-bond acceptors (Lipinski definition) is 2. The van der Waals surface area contributed by atoms with Gasteiger partial charge in [-0.25, -0.2) is 8.78 Å². The van der Waals surface area contributed by atoms with Gasteiger partial charge in [0.05, 0.1) is 10.6 Å². The van der Waals surface area contributed by atoms with E-state index in [-0.39, 0.29) is 10.6 Å². The monoisotopic (exact) mass is 188 g/mol. The van der Waals surface area contributed by atoms with Crippen LogP contribution in [0.3, 0.4) is 0 Å². The third-order valence-corrected chi connectivity index (χ3v) is 1.53. The maximum Gasteiger partial charge on any atom is 0.280 e. The van der Waals surface area contributed by atoms with Crippen LogP contribution in [-0.4, -0.2) is 4.98 Å². The van der Waals surface area contributed by atoms with Crippen molar-refractivity contribution in [1.29, 1.82) is 5.26 Å². The van der Waals surface area contributed by atoms with E-state index < -0.39 is 12.1 Å². The molecule has 0 fully saturated rings. The van der Waals surface area contributed by atoms with Gasteiger partial charge in [0.15, 0.2) is 0 Å². The molecule has 0 bridgehead atoms. The zero-order valence-electron chi connectivity index (χ0n) is 5.76. The molecule has 1 heterocycles. The fraction of sp³-hybridized carbons (Fsp3) is 0.143. The third kappa shape index (κ3) is 1.69. The van der Waals surface area contributed by atoms with Gasteiger partial charge >= 0.3 is 0 Å². The van der Waals surface area contributed by atoms with Crippen LogP contribution in [0.25, 0.3) is 0 Å². The van der Waals surface area contributed by atoms with Crippen LogP contribution in [0, 0.1) is 11.3 Å². The molecule has 1 rings (SSSR count). The fourth-order valence-electron chi connectivity index (χ4n) is 0.647. The van der Waals surface area contributed by atoms with Gasteiger partial charge in [-0.2, -0.15) is 5.26 Å². The Morgan fingerprint density at radius 1 is 1.58 bits per heavy atom. The predicted molar refractivity (Wildman–Crippen MR) is 38.9 cm³/mol. The minimum Gasteiger partial charge on any atom is -0.254 e. The summed E-state index contributed by atoms with van der Waals surface area (Å²) in [4.78, 5) is 3.35. The molecule has 0 N–H and O–H groups in total. The third-order valence-electron chi connectivity index (χ3n) is 1.22. The summed E-state index contributed by atoms with van der Waals surface area (Å²) in [5, 5.41) is 8.39. The first-order chi connectivity index (χ1) is 5.65. The second kappa shape index (κ2) is 3.46. The lowest BCUT2D eigenvalue weighted by atomic mass is 10.3. The van der Waals surface area contributed by atoms with E-state index in [0.29, 0.717) is 0 Å². The summed E-state index contributed by atoms with van der Waals surface area (Å²) in [7, 11) is 0. The van der Waals surface area contributed by atoms with E-state index in [1.807, 2.05) is 0 Å². The Balaban J connectivity index is 3.12. The van der Waals surface area contributed by atoms with Crippen LogP contribution in [0.4, 0.5) is 8.78 Å². The Hall–Kier alpha value is -1.21. The first-order valence-electron chi connectivity index (χ1n) is 2.99. The molecule has 0 aliphatic carbocycles. The van der Waals surface area contributed by atoms with Crippen molar-refractivity contribution in [3.63, 3.8) is 0 Å². The Morgan fingerprint density at radius 2 is 2.25 bits per heavy atom. The SMILES string of the molecule is N#Cc1cnc(C(F)F)cc1Cl. The standard InChI is InChI=1S/C7H3ClF2N2/c8-5-1-6(7(9)10)12-3-4(5)2-11/h1,3,7H. The lowest BCUT2D eigenvalue weighted by Crippen LogP contribution is -1.90. The molecule has 0 unspecified atom stereocenters. The van der Waals surface area contributed by atoms with Gasteiger partial charge in [-0.05, 0) is 6.07 Å². The van der Waals surface area contributed by atoms with Gasteiger partial charge in [-0.1, -0.05) is 11.6 Å². The first kappa shape index (κ1) is 8.88. The predicted octanol–water partition coefficient (Wildman–Crippen LogP) is 2.54. The number of aromatic nitrogens is 1. The number of rotatable bonds is 1. The van der Waals surface area contributed by atoms with Crippen LogP contribution < -0.4 is 0 Å². The van der Waals surface area contributed by atoms with Gasteiger partial charge in [-0.15, -0.1) is 0 Å². The van der Waals surface area contributed by atoms with E-state index in [1.54, 1.807) is 6.07 Å². The highest BCUT2D eigenvalue weighted by Crippen LogP contribution is 2.21. The van der Waals surface area contributed by atoms with Gasteiger partial charge in [0.2, 0.25) is 0 Å². The summed E-state index contributed by atoms with van der Waals surface area (Å²) < 4.78 is 24.0. The van der Waals surface area contributed by atoms with Crippen molar-refractivity contribution in [2.45, 2.75) is 6.43 Å². The number of halogens is 3. The summed E-state index contributed by atoms with van der Waals surface area (Å²) in [6, 6.07) is 2.71. The molecule has 0 saturated carbocycles. The molecular weight excluding hydrogens is 186 g/mol. The highest BCUT2D eigenvalue weighted by atomic mass is 35.5. The average molecular weight is 189 g/mol. The molecule has 62 valence electrons. The summed E-state index contributed by atoms with van der Waals surface area (Å²) in [6.07, 6.45) is -1.63. The molecule has 0 saturated heterocycles. The molecule has 0 aliphatic heterocycles. The van der Waals surface area contributed by atoms with E-state index in [0.717, 1.165) is 12.3 Å². The quantitative estimate of drug-likeness (QED) is 0.679. The Labute approximate surface area is 72.4 Å². The lowest BCUT2D eigenvalue weighted by molar-refractivity contribution is 0.146. The lowest BCUT2D eigenvalue weighted by Gasteiger charge is -1.98. The molecule has 2 nitrogen and oxygen atoms in total. The molecule has 0 atom stereocenters. The normalized spacial score (nSPS) is 9.92. The van der Waals surface area contributed by atoms with Crippen molar-refractivity contribution in [2.75, 3.05) is 0 Å². The van der Waals surface area contributed by atoms with Crippen LogP contribution >= 0.6 is 11.6 Å². The highest BCUT2D eigenvalue weighted by molar-refractivity contribution is 6.31. The van der Waals surface area contributed by atoms with Crippen molar-refractivity contribution in [2.24, 2.45) is 0 Å². The molecule has 1 aromatic heterocycles. The maximum atomic E-state index is 12.0. The largest absolute Gasteiger partial charge is 0.280 e. The minimum atomic E-state index is -2.66. The number of nitrogens with zero attached hydrogens (tertiary/aromatic N) is 2. The van der Waals surface area contributed by atoms with Crippen LogP contribution in [0.1, 0.15) is 17.7 Å². The maximum absolute atomic E-state index is 12.0. The van der Waals surface area contributed by atoms with Gasteiger partial charge in [-0.3, -0.25) is 4.98 Å². The molecular formula is C7H3ClF2N2. The molecule has 5 heteroatoms. The fourth-order valence-corrected chi connectivity index (χ4v) is 0.850. The second-order valence-electron chi connectivity index (χ2n) is 2.00. The van der Waals surface area contributed by atoms with E-state index in [2.05, 4.69) is 4.98 Å². The van der Waals surface area contributed by atoms with Gasteiger partial charge < -0.3 is 0 Å². The topological polar surface area (TPSA) is 36.7 Å². The Kier molecular flexibility index (Phi) is 2.56. The van der Waals surface area contributed by atoms with Crippen LogP contribution in [0.5, 0.6) is 0 Å². The van der Waals surface area contributed by atoms with Crippen molar-refractivity contribution in [3.8, 4) is 6.07 Å². The van der Waals surface area contributed by atoms with Gasteiger partial charge in [0.25, 0.3) is 6.43 Å². The number of alkyl halides is 2. The zero-order valence-corrected chi connectivity index (χ0v) is 6.52. The summed E-state index contributed by atoms with van der Waals surface area (Å²) >= 11 is 5.48. The Morgan fingerprint density at radius 3 is 2.67 bits per heavy atom. The Bertz CT molecular complexity index is 333. The molecule has 1 aromatic rings. The molecule has 0 radical (unpaired) electrons. The van der Waals surface area contributed by atoms with Crippen molar-refractivity contribution in [1.82, 2.24) is 4.98 Å². The van der Waals surface area contributed by atoms with Crippen molar-refractivity contribution >= 4 is 11.6 Å². The molecule has 0 spiro atoms. The molecule has 0 amide bonds. The van der Waals surface area contributed by atoms with E-state index >= 15 is 0 Å². The van der Waals surface area contributed by atoms with Crippen molar-refractivity contribution < 1.29 is 8.78 Å². The smallest absolute Gasteiger partial charge is 0.254 e. The van der Waals surface area contributed by atoms with Gasteiger partial charge in [0.1, 0.15) is 11.8 Å². The summed E-state index contributed by atoms with van der Waals surface area (Å²) in [5.41, 5.74) is -0.319. The summed E-state index contributed by atoms with van der Waals surface area (Å²) in [6.45, 7) is 0. The number of pyridine rings is 1. The minimum absolute atomic E-state index is 0.00259. The molecule has 12 heavy (non-hydrogen) atoms.